The summed E-state index contributed by atoms with van der Waals surface area (Å²) in [5, 5.41) is 0. The summed E-state index contributed by atoms with van der Waals surface area (Å²) in [6, 6.07) is 0. The number of ether oxygens (including phenoxy) is 2. The second kappa shape index (κ2) is 11.6. The molecule has 0 aliphatic carbocycles. The van der Waals surface area contributed by atoms with E-state index in [-0.39, 0.29) is 18.6 Å². The van der Waals surface area contributed by atoms with E-state index in [0.717, 1.165) is 5.57 Å². The molecule has 0 saturated carbocycles. The molecule has 0 aromatic carbocycles. The van der Waals surface area contributed by atoms with Crippen LogP contribution in [0.1, 0.15) is 27.2 Å². The summed E-state index contributed by atoms with van der Waals surface area (Å²) < 4.78 is 9.27. The number of hydrogen-bond donors (Lipinski definition) is 0. The first-order chi connectivity index (χ1) is 8.38. The lowest BCUT2D eigenvalue weighted by Crippen LogP contribution is -2.12. The van der Waals surface area contributed by atoms with Gasteiger partial charge in [-0.05, 0) is 20.8 Å². The van der Waals surface area contributed by atoms with Crippen molar-refractivity contribution in [3.63, 3.8) is 0 Å². The maximum atomic E-state index is 11.0. The summed E-state index contributed by atoms with van der Waals surface area (Å²) in [6.07, 6.45) is 1.62. The van der Waals surface area contributed by atoms with Gasteiger partial charge in [0.05, 0.1) is 19.6 Å². The molecular weight excluding hydrogens is 232 g/mol. The quantitative estimate of drug-likeness (QED) is 0.415. The highest BCUT2D eigenvalue weighted by Gasteiger charge is 2.12. The molecule has 0 unspecified atom stereocenters. The standard InChI is InChI=1S/C9H14O4.C5H8/c1-4-12-8(10)6-7(3)9(11)13-5-2;1-4-5(2)3/h3-6H2,1-2H3;4H,1-2H2,3H3. The SMILES string of the molecule is C=C(CC(=O)OCC)C(=O)OCC.C=CC(=C)C. The van der Waals surface area contributed by atoms with E-state index in [1.165, 1.54) is 0 Å². The number of rotatable bonds is 6. The fourth-order valence-corrected chi connectivity index (χ4v) is 0.692. The number of esters is 2. The first-order valence-corrected chi connectivity index (χ1v) is 5.67. The molecule has 0 spiro atoms. The van der Waals surface area contributed by atoms with Gasteiger partial charge in [0.15, 0.2) is 0 Å². The van der Waals surface area contributed by atoms with E-state index >= 15 is 0 Å². The van der Waals surface area contributed by atoms with Crippen LogP contribution >= 0.6 is 0 Å². The van der Waals surface area contributed by atoms with E-state index in [9.17, 15) is 9.59 Å². The fourth-order valence-electron chi connectivity index (χ4n) is 0.692. The molecule has 0 aromatic rings. The molecule has 18 heavy (non-hydrogen) atoms. The third-order valence-electron chi connectivity index (χ3n) is 1.58. The molecule has 0 radical (unpaired) electrons. The highest BCUT2D eigenvalue weighted by molar-refractivity contribution is 5.93. The largest absolute Gasteiger partial charge is 0.466 e. The fraction of sp³-hybridized carbons (Fsp3) is 0.429. The minimum absolute atomic E-state index is 0.104. The first kappa shape index (κ1) is 18.5. The van der Waals surface area contributed by atoms with Gasteiger partial charge in [-0.15, -0.1) is 0 Å². The van der Waals surface area contributed by atoms with E-state index in [1.807, 2.05) is 6.92 Å². The van der Waals surface area contributed by atoms with Crippen LogP contribution in [0.3, 0.4) is 0 Å². The van der Waals surface area contributed by atoms with Crippen LogP contribution in [0.2, 0.25) is 0 Å². The Morgan fingerprint density at radius 2 is 1.56 bits per heavy atom. The summed E-state index contributed by atoms with van der Waals surface area (Å²) in [7, 11) is 0. The van der Waals surface area contributed by atoms with E-state index < -0.39 is 11.9 Å². The van der Waals surface area contributed by atoms with E-state index in [1.54, 1.807) is 19.9 Å². The van der Waals surface area contributed by atoms with Gasteiger partial charge < -0.3 is 9.47 Å². The molecule has 0 fully saturated rings. The maximum absolute atomic E-state index is 11.0. The summed E-state index contributed by atoms with van der Waals surface area (Å²) in [4.78, 5) is 21.8. The van der Waals surface area contributed by atoms with Crippen molar-refractivity contribution in [1.29, 1.82) is 0 Å². The minimum atomic E-state index is -0.546. The molecule has 0 amide bonds. The van der Waals surface area contributed by atoms with Crippen LogP contribution in [0, 0.1) is 0 Å². The van der Waals surface area contributed by atoms with Gasteiger partial charge in [-0.2, -0.15) is 0 Å². The summed E-state index contributed by atoms with van der Waals surface area (Å²) >= 11 is 0. The van der Waals surface area contributed by atoms with Crippen LogP contribution in [0.25, 0.3) is 0 Å². The molecule has 0 heterocycles. The zero-order valence-corrected chi connectivity index (χ0v) is 11.5. The zero-order chi connectivity index (χ0) is 14.6. The van der Waals surface area contributed by atoms with E-state index in [2.05, 4.69) is 29.2 Å². The number of hydrogen-bond acceptors (Lipinski definition) is 4. The number of allylic oxidation sites excluding steroid dienone is 2. The van der Waals surface area contributed by atoms with Gasteiger partial charge in [-0.25, -0.2) is 4.79 Å². The number of carbonyl (C=O) groups excluding carboxylic acids is 2. The molecule has 0 saturated heterocycles. The van der Waals surface area contributed by atoms with Crippen molar-refractivity contribution in [3.05, 3.63) is 37.0 Å². The summed E-state index contributed by atoms with van der Waals surface area (Å²) in [5.74, 6) is -1.00. The van der Waals surface area contributed by atoms with Gasteiger partial charge in [0, 0.05) is 5.57 Å². The van der Waals surface area contributed by atoms with Crippen LogP contribution in [0.5, 0.6) is 0 Å². The predicted octanol–water partition coefficient (Wildman–Crippen LogP) is 2.81. The van der Waals surface area contributed by atoms with Crippen molar-refractivity contribution in [2.75, 3.05) is 13.2 Å². The Hall–Kier alpha value is -1.84. The monoisotopic (exact) mass is 254 g/mol. The second-order valence-electron chi connectivity index (χ2n) is 3.36. The lowest BCUT2D eigenvalue weighted by Gasteiger charge is -2.04. The Bertz CT molecular complexity index is 316. The van der Waals surface area contributed by atoms with Crippen LogP contribution in [0.15, 0.2) is 37.0 Å². The molecule has 0 aliphatic heterocycles. The molecule has 4 heteroatoms. The van der Waals surface area contributed by atoms with Gasteiger partial charge in [-0.1, -0.05) is 31.4 Å². The molecule has 0 rings (SSSR count). The molecule has 0 N–H and O–H groups in total. The van der Waals surface area contributed by atoms with Crippen LogP contribution in [0.4, 0.5) is 0 Å². The maximum Gasteiger partial charge on any atom is 0.333 e. The van der Waals surface area contributed by atoms with Crippen LogP contribution in [-0.4, -0.2) is 25.2 Å². The van der Waals surface area contributed by atoms with Gasteiger partial charge in [-0.3, -0.25) is 4.79 Å². The van der Waals surface area contributed by atoms with Gasteiger partial charge in [0.2, 0.25) is 0 Å². The van der Waals surface area contributed by atoms with E-state index in [4.69, 9.17) is 0 Å². The van der Waals surface area contributed by atoms with Crippen molar-refractivity contribution in [3.8, 4) is 0 Å². The molecule has 0 aliphatic rings. The molecular formula is C14H22O4. The predicted molar refractivity (Wildman–Crippen MR) is 72.0 cm³/mol. The minimum Gasteiger partial charge on any atom is -0.466 e. The van der Waals surface area contributed by atoms with Crippen molar-refractivity contribution < 1.29 is 19.1 Å². The second-order valence-corrected chi connectivity index (χ2v) is 3.36. The Morgan fingerprint density at radius 3 is 1.89 bits per heavy atom. The van der Waals surface area contributed by atoms with E-state index in [0.29, 0.717) is 6.61 Å². The lowest BCUT2D eigenvalue weighted by molar-refractivity contribution is -0.145. The third kappa shape index (κ3) is 12.2. The molecule has 0 atom stereocenters. The van der Waals surface area contributed by atoms with Crippen molar-refractivity contribution >= 4 is 11.9 Å². The number of carbonyl (C=O) groups is 2. The smallest absolute Gasteiger partial charge is 0.333 e. The molecule has 102 valence electrons. The van der Waals surface area contributed by atoms with Crippen molar-refractivity contribution in [2.45, 2.75) is 27.2 Å². The van der Waals surface area contributed by atoms with Gasteiger partial charge >= 0.3 is 11.9 Å². The summed E-state index contributed by atoms with van der Waals surface area (Å²) in [5.41, 5.74) is 1.14. The average Bonchev–Trinajstić information content (AvgIpc) is 2.30. The Balaban J connectivity index is 0. The van der Waals surface area contributed by atoms with Crippen molar-refractivity contribution in [2.24, 2.45) is 0 Å². The normalized spacial score (nSPS) is 8.39. The summed E-state index contributed by atoms with van der Waals surface area (Å²) in [6.45, 7) is 16.3. The Morgan fingerprint density at radius 1 is 1.11 bits per heavy atom. The topological polar surface area (TPSA) is 52.6 Å². The highest BCUT2D eigenvalue weighted by Crippen LogP contribution is 2.02. The first-order valence-electron chi connectivity index (χ1n) is 5.67. The van der Waals surface area contributed by atoms with Crippen molar-refractivity contribution in [1.82, 2.24) is 0 Å². The molecule has 0 aromatic heterocycles. The van der Waals surface area contributed by atoms with Crippen LogP contribution in [-0.2, 0) is 19.1 Å². The highest BCUT2D eigenvalue weighted by atomic mass is 16.5. The molecule has 4 nitrogen and oxygen atoms in total. The lowest BCUT2D eigenvalue weighted by atomic mass is 10.2. The zero-order valence-electron chi connectivity index (χ0n) is 11.5. The Labute approximate surface area is 109 Å². The van der Waals surface area contributed by atoms with Crippen LogP contribution < -0.4 is 0 Å². The van der Waals surface area contributed by atoms with Gasteiger partial charge in [0.1, 0.15) is 0 Å². The third-order valence-corrected chi connectivity index (χ3v) is 1.58. The molecule has 0 bridgehead atoms. The average molecular weight is 254 g/mol. The van der Waals surface area contributed by atoms with Gasteiger partial charge in [0.25, 0.3) is 0 Å². The Kier molecular flexibility index (Phi) is 12.0.